The zero-order valence-electron chi connectivity index (χ0n) is 9.79. The van der Waals surface area contributed by atoms with Gasteiger partial charge in [-0.1, -0.05) is 0 Å². The lowest BCUT2D eigenvalue weighted by atomic mass is 10.2. The van der Waals surface area contributed by atoms with Gasteiger partial charge in [0.05, 0.1) is 5.56 Å². The van der Waals surface area contributed by atoms with Gasteiger partial charge in [0.2, 0.25) is 0 Å². The van der Waals surface area contributed by atoms with Crippen molar-refractivity contribution in [2.75, 3.05) is 6.54 Å². The van der Waals surface area contributed by atoms with Gasteiger partial charge in [-0.2, -0.15) is 13.2 Å². The number of nitrogens with zero attached hydrogens (tertiary/aromatic N) is 1. The minimum absolute atomic E-state index is 0.0453. The van der Waals surface area contributed by atoms with Gasteiger partial charge in [0, 0.05) is 18.8 Å². The monoisotopic (exact) mass is 261 g/mol. The first-order chi connectivity index (χ1) is 8.30. The van der Waals surface area contributed by atoms with E-state index >= 15 is 0 Å². The van der Waals surface area contributed by atoms with Crippen LogP contribution in [-0.4, -0.2) is 23.5 Å². The second-order valence-electron chi connectivity index (χ2n) is 3.95. The summed E-state index contributed by atoms with van der Waals surface area (Å²) in [4.78, 5) is 14.7. The molecule has 1 unspecified atom stereocenters. The Morgan fingerprint density at radius 3 is 2.61 bits per heavy atom. The third-order valence-corrected chi connectivity index (χ3v) is 2.20. The van der Waals surface area contributed by atoms with Crippen LogP contribution in [0.25, 0.3) is 0 Å². The second-order valence-corrected chi connectivity index (χ2v) is 3.95. The number of hydrogen-bond donors (Lipinski definition) is 2. The van der Waals surface area contributed by atoms with E-state index in [-0.39, 0.29) is 11.6 Å². The lowest BCUT2D eigenvalue weighted by molar-refractivity contribution is -0.141. The van der Waals surface area contributed by atoms with E-state index in [2.05, 4.69) is 10.3 Å². The van der Waals surface area contributed by atoms with Crippen molar-refractivity contribution >= 4 is 5.91 Å². The standard InChI is InChI=1S/C11H14F3N3O/c1-7(15)4-5-16-10(18)8-2-3-9(17-6-8)11(12,13)14/h2-3,6-7H,4-5,15H2,1H3,(H,16,18). The maximum atomic E-state index is 12.2. The van der Waals surface area contributed by atoms with E-state index in [1.165, 1.54) is 0 Å². The first-order valence-electron chi connectivity index (χ1n) is 5.37. The Hall–Kier alpha value is -1.63. The van der Waals surface area contributed by atoms with Crippen molar-refractivity contribution < 1.29 is 18.0 Å². The summed E-state index contributed by atoms with van der Waals surface area (Å²) in [6, 6.07) is 1.83. The Balaban J connectivity index is 2.60. The van der Waals surface area contributed by atoms with E-state index in [9.17, 15) is 18.0 Å². The maximum Gasteiger partial charge on any atom is 0.433 e. The molecule has 0 aliphatic heterocycles. The molecule has 1 rings (SSSR count). The van der Waals surface area contributed by atoms with E-state index in [0.717, 1.165) is 18.3 Å². The molecule has 7 heteroatoms. The van der Waals surface area contributed by atoms with Crippen LogP contribution in [0.5, 0.6) is 0 Å². The summed E-state index contributed by atoms with van der Waals surface area (Å²) < 4.78 is 36.7. The fourth-order valence-electron chi connectivity index (χ4n) is 1.21. The number of nitrogens with one attached hydrogen (secondary N) is 1. The van der Waals surface area contributed by atoms with E-state index in [1.807, 2.05) is 0 Å². The molecule has 1 aromatic rings. The van der Waals surface area contributed by atoms with Crippen LogP contribution in [-0.2, 0) is 6.18 Å². The van der Waals surface area contributed by atoms with Gasteiger partial charge < -0.3 is 11.1 Å². The van der Waals surface area contributed by atoms with Gasteiger partial charge in [0.25, 0.3) is 5.91 Å². The molecule has 0 aliphatic rings. The number of nitrogens with two attached hydrogens (primary N) is 1. The smallest absolute Gasteiger partial charge is 0.352 e. The van der Waals surface area contributed by atoms with Crippen molar-refractivity contribution in [2.45, 2.75) is 25.6 Å². The predicted octanol–water partition coefficient (Wildman–Crippen LogP) is 1.57. The molecule has 1 heterocycles. The highest BCUT2D eigenvalue weighted by Gasteiger charge is 2.32. The molecule has 0 saturated heterocycles. The Morgan fingerprint density at radius 2 is 2.17 bits per heavy atom. The lowest BCUT2D eigenvalue weighted by Crippen LogP contribution is -2.29. The van der Waals surface area contributed by atoms with Crippen molar-refractivity contribution in [1.29, 1.82) is 0 Å². The molecule has 4 nitrogen and oxygen atoms in total. The van der Waals surface area contributed by atoms with Crippen molar-refractivity contribution in [1.82, 2.24) is 10.3 Å². The Morgan fingerprint density at radius 1 is 1.50 bits per heavy atom. The molecule has 0 radical (unpaired) electrons. The van der Waals surface area contributed by atoms with E-state index in [0.29, 0.717) is 13.0 Å². The first-order valence-corrected chi connectivity index (χ1v) is 5.37. The van der Waals surface area contributed by atoms with Gasteiger partial charge in [0.1, 0.15) is 5.69 Å². The third kappa shape index (κ3) is 4.33. The maximum absolute atomic E-state index is 12.2. The Labute approximate surface area is 102 Å². The molecule has 100 valence electrons. The molecule has 0 fully saturated rings. The minimum Gasteiger partial charge on any atom is -0.352 e. The van der Waals surface area contributed by atoms with Gasteiger partial charge in [-0.25, -0.2) is 0 Å². The highest BCUT2D eigenvalue weighted by molar-refractivity contribution is 5.93. The predicted molar refractivity (Wildman–Crippen MR) is 59.8 cm³/mol. The summed E-state index contributed by atoms with van der Waals surface area (Å²) >= 11 is 0. The molecule has 1 atom stereocenters. The molecule has 1 amide bonds. The SMILES string of the molecule is CC(N)CCNC(=O)c1ccc(C(F)(F)F)nc1. The normalized spacial score (nSPS) is 13.2. The zero-order valence-corrected chi connectivity index (χ0v) is 9.79. The minimum atomic E-state index is -4.50. The van der Waals surface area contributed by atoms with Gasteiger partial charge in [-0.3, -0.25) is 9.78 Å². The van der Waals surface area contributed by atoms with Crippen molar-refractivity contribution in [3.63, 3.8) is 0 Å². The molecular weight excluding hydrogens is 247 g/mol. The molecule has 0 aromatic carbocycles. The molecule has 3 N–H and O–H groups in total. The average Bonchev–Trinajstić information content (AvgIpc) is 2.27. The highest BCUT2D eigenvalue weighted by Crippen LogP contribution is 2.27. The summed E-state index contributed by atoms with van der Waals surface area (Å²) in [5, 5.41) is 2.55. The number of hydrogen-bond acceptors (Lipinski definition) is 3. The van der Waals surface area contributed by atoms with Gasteiger partial charge >= 0.3 is 6.18 Å². The van der Waals surface area contributed by atoms with Gasteiger partial charge in [-0.05, 0) is 25.5 Å². The van der Waals surface area contributed by atoms with Crippen molar-refractivity contribution in [2.24, 2.45) is 5.73 Å². The van der Waals surface area contributed by atoms with Crippen LogP contribution in [0.3, 0.4) is 0 Å². The topological polar surface area (TPSA) is 68.0 Å². The number of rotatable bonds is 4. The van der Waals surface area contributed by atoms with Crippen LogP contribution in [0.2, 0.25) is 0 Å². The second kappa shape index (κ2) is 5.81. The number of pyridine rings is 1. The fourth-order valence-corrected chi connectivity index (χ4v) is 1.21. The largest absolute Gasteiger partial charge is 0.433 e. The number of amides is 1. The summed E-state index contributed by atoms with van der Waals surface area (Å²) in [6.45, 7) is 2.17. The average molecular weight is 261 g/mol. The van der Waals surface area contributed by atoms with Gasteiger partial charge in [-0.15, -0.1) is 0 Å². The van der Waals surface area contributed by atoms with E-state index in [1.54, 1.807) is 6.92 Å². The van der Waals surface area contributed by atoms with Crippen LogP contribution in [0.1, 0.15) is 29.4 Å². The van der Waals surface area contributed by atoms with Crippen molar-refractivity contribution in [3.8, 4) is 0 Å². The van der Waals surface area contributed by atoms with Gasteiger partial charge in [0.15, 0.2) is 0 Å². The molecule has 0 aliphatic carbocycles. The molecule has 0 spiro atoms. The van der Waals surface area contributed by atoms with Crippen LogP contribution in [0.4, 0.5) is 13.2 Å². The zero-order chi connectivity index (χ0) is 13.8. The molecule has 0 saturated carbocycles. The number of aromatic nitrogens is 1. The van der Waals surface area contributed by atoms with E-state index < -0.39 is 17.8 Å². The molecule has 0 bridgehead atoms. The number of halogens is 3. The Kier molecular flexibility index (Phi) is 4.66. The third-order valence-electron chi connectivity index (χ3n) is 2.20. The van der Waals surface area contributed by atoms with Crippen molar-refractivity contribution in [3.05, 3.63) is 29.6 Å². The first kappa shape index (κ1) is 14.4. The fraction of sp³-hybridized carbons (Fsp3) is 0.455. The van der Waals surface area contributed by atoms with Crippen LogP contribution < -0.4 is 11.1 Å². The number of carbonyl (C=O) groups is 1. The number of carbonyl (C=O) groups excluding carboxylic acids is 1. The summed E-state index contributed by atoms with van der Waals surface area (Å²) in [6.07, 6.45) is -2.99. The quantitative estimate of drug-likeness (QED) is 0.864. The molecule has 18 heavy (non-hydrogen) atoms. The van der Waals surface area contributed by atoms with Crippen LogP contribution in [0.15, 0.2) is 18.3 Å². The summed E-state index contributed by atoms with van der Waals surface area (Å²) in [5.41, 5.74) is 4.57. The lowest BCUT2D eigenvalue weighted by Gasteiger charge is -2.08. The highest BCUT2D eigenvalue weighted by atomic mass is 19.4. The van der Waals surface area contributed by atoms with Crippen LogP contribution in [0, 0.1) is 0 Å². The Bertz CT molecular complexity index is 401. The summed E-state index contributed by atoms with van der Waals surface area (Å²) in [5.74, 6) is -0.461. The molecule has 1 aromatic heterocycles. The van der Waals surface area contributed by atoms with E-state index in [4.69, 9.17) is 5.73 Å². The van der Waals surface area contributed by atoms with Crippen LogP contribution >= 0.6 is 0 Å². The number of alkyl halides is 3. The molecular formula is C11H14F3N3O. The summed E-state index contributed by atoms with van der Waals surface area (Å²) in [7, 11) is 0.